The second kappa shape index (κ2) is 8.03. The molecule has 1 N–H and O–H groups in total. The van der Waals surface area contributed by atoms with Crippen molar-refractivity contribution in [2.24, 2.45) is 0 Å². The van der Waals surface area contributed by atoms with Crippen LogP contribution in [0, 0.1) is 0 Å². The number of nitrogens with one attached hydrogen (secondary N) is 1. The van der Waals surface area contributed by atoms with Crippen LogP contribution in [0.3, 0.4) is 0 Å². The molecule has 0 aliphatic heterocycles. The molecule has 0 saturated heterocycles. The van der Waals surface area contributed by atoms with Crippen molar-refractivity contribution in [2.75, 3.05) is 34.2 Å². The zero-order valence-corrected chi connectivity index (χ0v) is 14.9. The van der Waals surface area contributed by atoms with Gasteiger partial charge in [0, 0.05) is 20.1 Å². The van der Waals surface area contributed by atoms with Gasteiger partial charge in [0.2, 0.25) is 0 Å². The number of likely N-dealkylation sites (N-methyl/N-ethyl adjacent to an activating group) is 1. The molecule has 7 heteroatoms. The van der Waals surface area contributed by atoms with Crippen molar-refractivity contribution in [3.8, 4) is 5.69 Å². The van der Waals surface area contributed by atoms with Crippen LogP contribution in [-0.2, 0) is 0 Å². The third-order valence-electron chi connectivity index (χ3n) is 3.80. The maximum absolute atomic E-state index is 5.47. The van der Waals surface area contributed by atoms with Gasteiger partial charge in [0.1, 0.15) is 12.7 Å². The molecule has 0 aliphatic rings. The van der Waals surface area contributed by atoms with E-state index in [1.165, 1.54) is 11.9 Å². The molecule has 1 aromatic heterocycles. The van der Waals surface area contributed by atoms with Crippen molar-refractivity contribution < 1.29 is 0 Å². The average Bonchev–Trinajstić information content (AvgIpc) is 3.07. The Morgan fingerprint density at radius 2 is 1.96 bits per heavy atom. The monoisotopic (exact) mass is 332 g/mol. The van der Waals surface area contributed by atoms with Crippen LogP contribution in [0.1, 0.15) is 18.5 Å². The molecule has 0 fully saturated rings. The molecule has 2 aromatic rings. The largest absolute Gasteiger partial charge is 0.361 e. The molecule has 0 amide bonds. The number of aromatic nitrogens is 3. The molecule has 23 heavy (non-hydrogen) atoms. The van der Waals surface area contributed by atoms with Crippen molar-refractivity contribution in [1.29, 1.82) is 0 Å². The summed E-state index contributed by atoms with van der Waals surface area (Å²) >= 11 is 5.47. The summed E-state index contributed by atoms with van der Waals surface area (Å²) in [5.41, 5.74) is 2.20. The smallest absolute Gasteiger partial charge is 0.169 e. The minimum Gasteiger partial charge on any atom is -0.361 e. The highest BCUT2D eigenvalue weighted by Crippen LogP contribution is 2.20. The van der Waals surface area contributed by atoms with Gasteiger partial charge >= 0.3 is 0 Å². The second-order valence-corrected chi connectivity index (χ2v) is 6.14. The van der Waals surface area contributed by atoms with Crippen LogP contribution in [0.5, 0.6) is 0 Å². The molecule has 1 atom stereocenters. The first-order chi connectivity index (χ1) is 11.0. The second-order valence-electron chi connectivity index (χ2n) is 5.75. The molecule has 0 spiro atoms. The van der Waals surface area contributed by atoms with Crippen LogP contribution in [-0.4, -0.2) is 63.9 Å². The Morgan fingerprint density at radius 1 is 1.26 bits per heavy atom. The maximum Gasteiger partial charge on any atom is 0.169 e. The first-order valence-corrected chi connectivity index (χ1v) is 8.00. The zero-order chi connectivity index (χ0) is 16.8. The Labute approximate surface area is 143 Å². The van der Waals surface area contributed by atoms with E-state index >= 15 is 0 Å². The zero-order valence-electron chi connectivity index (χ0n) is 14.1. The first-order valence-electron chi connectivity index (χ1n) is 7.59. The minimum atomic E-state index is 0.194. The van der Waals surface area contributed by atoms with Crippen LogP contribution < -0.4 is 5.32 Å². The van der Waals surface area contributed by atoms with E-state index in [4.69, 9.17) is 12.2 Å². The summed E-state index contributed by atoms with van der Waals surface area (Å²) in [4.78, 5) is 8.17. The van der Waals surface area contributed by atoms with Gasteiger partial charge in [0.15, 0.2) is 5.11 Å². The van der Waals surface area contributed by atoms with Gasteiger partial charge in [-0.2, -0.15) is 5.10 Å². The molecular weight excluding hydrogens is 308 g/mol. The van der Waals surface area contributed by atoms with Gasteiger partial charge < -0.3 is 15.1 Å². The lowest BCUT2D eigenvalue weighted by atomic mass is 10.1. The summed E-state index contributed by atoms with van der Waals surface area (Å²) in [6, 6.07) is 8.47. The van der Waals surface area contributed by atoms with Gasteiger partial charge in [0.25, 0.3) is 0 Å². The molecule has 0 unspecified atom stereocenters. The first kappa shape index (κ1) is 17.4. The van der Waals surface area contributed by atoms with Gasteiger partial charge in [-0.15, -0.1) is 0 Å². The van der Waals surface area contributed by atoms with E-state index in [0.29, 0.717) is 0 Å². The Kier molecular flexibility index (Phi) is 6.06. The lowest BCUT2D eigenvalue weighted by molar-refractivity contribution is 0.381. The fourth-order valence-electron chi connectivity index (χ4n) is 2.16. The van der Waals surface area contributed by atoms with Gasteiger partial charge in [-0.25, -0.2) is 9.67 Å². The molecule has 0 radical (unpaired) electrons. The summed E-state index contributed by atoms with van der Waals surface area (Å²) in [6.45, 7) is 3.94. The normalized spacial score (nSPS) is 12.2. The van der Waals surface area contributed by atoms with Crippen LogP contribution >= 0.6 is 12.2 Å². The summed E-state index contributed by atoms with van der Waals surface area (Å²) in [6.07, 6.45) is 3.22. The van der Waals surface area contributed by atoms with Crippen molar-refractivity contribution in [3.63, 3.8) is 0 Å². The number of hydrogen-bond acceptors (Lipinski definition) is 4. The third kappa shape index (κ3) is 4.74. The highest BCUT2D eigenvalue weighted by atomic mass is 32.1. The fraction of sp³-hybridized carbons (Fsp3) is 0.438. The van der Waals surface area contributed by atoms with Crippen molar-refractivity contribution >= 4 is 17.3 Å². The van der Waals surface area contributed by atoms with E-state index in [0.717, 1.165) is 23.9 Å². The van der Waals surface area contributed by atoms with E-state index in [9.17, 15) is 0 Å². The summed E-state index contributed by atoms with van der Waals surface area (Å²) in [5.74, 6) is 0. The lowest BCUT2D eigenvalue weighted by Crippen LogP contribution is -2.41. The Morgan fingerprint density at radius 3 is 2.52 bits per heavy atom. The molecule has 2 rings (SSSR count). The van der Waals surface area contributed by atoms with Crippen molar-refractivity contribution in [3.05, 3.63) is 42.5 Å². The highest BCUT2D eigenvalue weighted by molar-refractivity contribution is 7.80. The Hall–Kier alpha value is -1.99. The highest BCUT2D eigenvalue weighted by Gasteiger charge is 2.14. The minimum absolute atomic E-state index is 0.194. The number of nitrogens with zero attached hydrogens (tertiary/aromatic N) is 5. The lowest BCUT2D eigenvalue weighted by Gasteiger charge is -2.28. The van der Waals surface area contributed by atoms with Crippen molar-refractivity contribution in [2.45, 2.75) is 13.0 Å². The molecular formula is C16H24N6S. The molecule has 0 saturated carbocycles. The SMILES string of the molecule is C[C@H](c1ccc(-n2cncn2)cc1)N(C)C(=S)NCCN(C)C. The molecule has 0 bridgehead atoms. The molecule has 1 aromatic carbocycles. The summed E-state index contributed by atoms with van der Waals surface area (Å²) in [5, 5.41) is 8.19. The van der Waals surface area contributed by atoms with E-state index in [-0.39, 0.29) is 6.04 Å². The van der Waals surface area contributed by atoms with Gasteiger partial charge in [0.05, 0.1) is 11.7 Å². The van der Waals surface area contributed by atoms with E-state index in [1.54, 1.807) is 11.0 Å². The number of rotatable bonds is 6. The Bertz CT molecular complexity index is 608. The van der Waals surface area contributed by atoms with E-state index in [2.05, 4.69) is 44.3 Å². The third-order valence-corrected chi connectivity index (χ3v) is 4.23. The van der Waals surface area contributed by atoms with Crippen LogP contribution in [0.25, 0.3) is 5.69 Å². The molecule has 124 valence electrons. The molecule has 6 nitrogen and oxygen atoms in total. The summed E-state index contributed by atoms with van der Waals surface area (Å²) in [7, 11) is 6.11. The molecule has 1 heterocycles. The van der Waals surface area contributed by atoms with E-state index in [1.807, 2.05) is 33.3 Å². The quantitative estimate of drug-likeness (QED) is 0.813. The Balaban J connectivity index is 1.96. The predicted octanol–water partition coefficient (Wildman–Crippen LogP) is 1.70. The fourth-order valence-corrected chi connectivity index (χ4v) is 2.42. The number of thiocarbonyl (C=S) groups is 1. The predicted molar refractivity (Wildman–Crippen MR) is 96.7 cm³/mol. The standard InChI is InChI=1S/C16H24N6S/c1-13(21(4)16(23)18-9-10-20(2)3)14-5-7-15(8-6-14)22-12-17-11-19-22/h5-8,11-13H,9-10H2,1-4H3,(H,18,23)/t13-/m1/s1. The maximum atomic E-state index is 5.47. The topological polar surface area (TPSA) is 49.2 Å². The number of benzene rings is 1. The average molecular weight is 332 g/mol. The van der Waals surface area contributed by atoms with E-state index < -0.39 is 0 Å². The summed E-state index contributed by atoms with van der Waals surface area (Å²) < 4.78 is 1.74. The molecule has 0 aliphatic carbocycles. The van der Waals surface area contributed by atoms with Gasteiger partial charge in [-0.05, 0) is 50.9 Å². The van der Waals surface area contributed by atoms with Crippen LogP contribution in [0.15, 0.2) is 36.9 Å². The van der Waals surface area contributed by atoms with Gasteiger partial charge in [-0.3, -0.25) is 0 Å². The van der Waals surface area contributed by atoms with Crippen molar-refractivity contribution in [1.82, 2.24) is 29.9 Å². The number of hydrogen-bond donors (Lipinski definition) is 1. The van der Waals surface area contributed by atoms with Crippen LogP contribution in [0.4, 0.5) is 0 Å². The van der Waals surface area contributed by atoms with Crippen LogP contribution in [0.2, 0.25) is 0 Å². The van der Waals surface area contributed by atoms with Gasteiger partial charge in [-0.1, -0.05) is 12.1 Å².